The molecule has 0 bridgehead atoms. The first-order valence-electron chi connectivity index (χ1n) is 6.30. The van der Waals surface area contributed by atoms with E-state index in [9.17, 15) is 0 Å². The van der Waals surface area contributed by atoms with Crippen molar-refractivity contribution in [2.45, 2.75) is 71.1 Å². The van der Waals surface area contributed by atoms with Crippen molar-refractivity contribution < 1.29 is 4.74 Å². The van der Waals surface area contributed by atoms with Crippen LogP contribution in [0.2, 0.25) is 0 Å². The Morgan fingerprint density at radius 3 is 1.93 bits per heavy atom. The summed E-state index contributed by atoms with van der Waals surface area (Å²) < 4.78 is 4.41. The van der Waals surface area contributed by atoms with Crippen molar-refractivity contribution in [3.8, 4) is 12.0 Å². The minimum atomic E-state index is 0.950. The number of hydrogen-bond acceptors (Lipinski definition) is 1. The molecule has 0 rings (SSSR count). The van der Waals surface area contributed by atoms with Gasteiger partial charge in [-0.15, -0.1) is 0 Å². The third-order valence-electron chi connectivity index (χ3n) is 2.55. The largest absolute Gasteiger partial charge is 0.443 e. The van der Waals surface area contributed by atoms with Gasteiger partial charge in [0, 0.05) is 6.42 Å². The van der Waals surface area contributed by atoms with Gasteiger partial charge in [0.15, 0.2) is 0 Å². The first-order chi connectivity index (χ1) is 7.41. The minimum absolute atomic E-state index is 0.950. The fourth-order valence-corrected chi connectivity index (χ4v) is 1.63. The molecule has 0 N–H and O–H groups in total. The van der Waals surface area contributed by atoms with Gasteiger partial charge in [0.25, 0.3) is 0 Å². The zero-order valence-electron chi connectivity index (χ0n) is 10.2. The van der Waals surface area contributed by atoms with Crippen molar-refractivity contribution in [2.24, 2.45) is 0 Å². The molecule has 0 aliphatic rings. The molecular formula is C14H25O. The van der Waals surface area contributed by atoms with Crippen LogP contribution in [-0.2, 0) is 4.74 Å². The van der Waals surface area contributed by atoms with Gasteiger partial charge < -0.3 is 4.74 Å². The summed E-state index contributed by atoms with van der Waals surface area (Å²) in [7, 11) is 3.19. The number of ether oxygens (including phenoxy) is 1. The molecule has 1 heteroatoms. The van der Waals surface area contributed by atoms with Crippen LogP contribution in [0.4, 0.5) is 0 Å². The summed E-state index contributed by atoms with van der Waals surface area (Å²) in [6, 6.07) is 0. The molecule has 0 amide bonds. The topological polar surface area (TPSA) is 9.23 Å². The van der Waals surface area contributed by atoms with Crippen LogP contribution in [0, 0.1) is 19.1 Å². The Bertz CT molecular complexity index is 164. The second-order valence-corrected chi connectivity index (χ2v) is 4.00. The molecule has 0 aromatic heterocycles. The lowest BCUT2D eigenvalue weighted by atomic mass is 10.1. The van der Waals surface area contributed by atoms with Gasteiger partial charge in [-0.3, -0.25) is 0 Å². The average molecular weight is 209 g/mol. The van der Waals surface area contributed by atoms with Crippen LogP contribution in [0.1, 0.15) is 71.1 Å². The normalized spacial score (nSPS) is 9.47. The van der Waals surface area contributed by atoms with Gasteiger partial charge in [0.2, 0.25) is 0 Å². The first kappa shape index (κ1) is 14.4. The maximum atomic E-state index is 4.41. The molecule has 0 atom stereocenters. The van der Waals surface area contributed by atoms with E-state index in [0.29, 0.717) is 0 Å². The highest BCUT2D eigenvalue weighted by atomic mass is 16.5. The second kappa shape index (κ2) is 13.4. The van der Waals surface area contributed by atoms with Crippen LogP contribution < -0.4 is 0 Å². The SMILES string of the molecule is [CH2]OC#CCCCCCCCCCCC. The van der Waals surface area contributed by atoms with E-state index in [4.69, 9.17) is 0 Å². The van der Waals surface area contributed by atoms with Crippen LogP contribution in [0.25, 0.3) is 0 Å². The zero-order chi connectivity index (χ0) is 11.2. The molecule has 0 spiro atoms. The standard InChI is InChI=1S/C14H25O/c1-3-4-5-6-7-8-9-10-11-12-13-14-15-2/h2-12H2,1H3. The highest BCUT2D eigenvalue weighted by molar-refractivity contribution is 4.90. The van der Waals surface area contributed by atoms with E-state index >= 15 is 0 Å². The van der Waals surface area contributed by atoms with E-state index < -0.39 is 0 Å². The van der Waals surface area contributed by atoms with Crippen molar-refractivity contribution in [3.05, 3.63) is 7.11 Å². The number of unbranched alkanes of at least 4 members (excludes halogenated alkanes) is 9. The molecule has 15 heavy (non-hydrogen) atoms. The summed E-state index contributed by atoms with van der Waals surface area (Å²) in [5.41, 5.74) is 0. The van der Waals surface area contributed by atoms with Gasteiger partial charge >= 0.3 is 0 Å². The second-order valence-electron chi connectivity index (χ2n) is 4.00. The van der Waals surface area contributed by atoms with Crippen molar-refractivity contribution in [1.82, 2.24) is 0 Å². The Balaban J connectivity index is 2.92. The summed E-state index contributed by atoms with van der Waals surface area (Å²) in [4.78, 5) is 0. The van der Waals surface area contributed by atoms with E-state index in [1.807, 2.05) is 0 Å². The molecule has 87 valence electrons. The predicted molar refractivity (Wildman–Crippen MR) is 66.1 cm³/mol. The van der Waals surface area contributed by atoms with Crippen molar-refractivity contribution >= 4 is 0 Å². The Morgan fingerprint density at radius 2 is 1.40 bits per heavy atom. The van der Waals surface area contributed by atoms with Crippen molar-refractivity contribution in [3.63, 3.8) is 0 Å². The van der Waals surface area contributed by atoms with E-state index in [1.54, 1.807) is 0 Å². The van der Waals surface area contributed by atoms with Gasteiger partial charge in [-0.25, -0.2) is 0 Å². The summed E-state index contributed by atoms with van der Waals surface area (Å²) >= 11 is 0. The van der Waals surface area contributed by atoms with Gasteiger partial charge in [-0.05, 0) is 6.42 Å². The van der Waals surface area contributed by atoms with E-state index in [1.165, 1.54) is 57.8 Å². The van der Waals surface area contributed by atoms with Crippen molar-refractivity contribution in [2.75, 3.05) is 0 Å². The minimum Gasteiger partial charge on any atom is -0.443 e. The fraction of sp³-hybridized carbons (Fsp3) is 0.786. The summed E-state index contributed by atoms with van der Waals surface area (Å²) in [5, 5.41) is 0. The van der Waals surface area contributed by atoms with Gasteiger partial charge in [-0.2, -0.15) is 0 Å². The molecule has 0 saturated carbocycles. The lowest BCUT2D eigenvalue weighted by Gasteiger charge is -1.99. The summed E-state index contributed by atoms with van der Waals surface area (Å²) in [6.45, 7) is 2.26. The van der Waals surface area contributed by atoms with Gasteiger partial charge in [0.05, 0.1) is 0 Å². The monoisotopic (exact) mass is 209 g/mol. The lowest BCUT2D eigenvalue weighted by molar-refractivity contribution is 0.430. The molecule has 0 aliphatic heterocycles. The van der Waals surface area contributed by atoms with Crippen LogP contribution >= 0.6 is 0 Å². The van der Waals surface area contributed by atoms with E-state index in [0.717, 1.165) is 6.42 Å². The summed E-state index contributed by atoms with van der Waals surface area (Å²) in [5.74, 6) is 2.92. The third kappa shape index (κ3) is 13.4. The molecule has 0 aromatic carbocycles. The quantitative estimate of drug-likeness (QED) is 0.396. The lowest BCUT2D eigenvalue weighted by Crippen LogP contribution is -1.80. The van der Waals surface area contributed by atoms with Crippen LogP contribution in [0.5, 0.6) is 0 Å². The Hall–Kier alpha value is -0.640. The Morgan fingerprint density at radius 1 is 0.867 bits per heavy atom. The number of rotatable bonds is 9. The Kier molecular flexibility index (Phi) is 12.8. The van der Waals surface area contributed by atoms with Crippen LogP contribution in [0.15, 0.2) is 0 Å². The smallest absolute Gasteiger partial charge is 0.135 e. The molecule has 0 aromatic rings. The van der Waals surface area contributed by atoms with E-state index in [-0.39, 0.29) is 0 Å². The van der Waals surface area contributed by atoms with E-state index in [2.05, 4.69) is 30.8 Å². The highest BCUT2D eigenvalue weighted by Gasteiger charge is 1.90. The molecule has 0 fully saturated rings. The maximum Gasteiger partial charge on any atom is 0.135 e. The fourth-order valence-electron chi connectivity index (χ4n) is 1.63. The molecule has 0 aliphatic carbocycles. The van der Waals surface area contributed by atoms with Gasteiger partial charge in [0.1, 0.15) is 13.2 Å². The molecule has 0 heterocycles. The molecular weight excluding hydrogens is 184 g/mol. The van der Waals surface area contributed by atoms with Crippen molar-refractivity contribution in [1.29, 1.82) is 0 Å². The van der Waals surface area contributed by atoms with Crippen LogP contribution in [-0.4, -0.2) is 0 Å². The molecule has 0 unspecified atom stereocenters. The van der Waals surface area contributed by atoms with Gasteiger partial charge in [-0.1, -0.05) is 64.2 Å². The maximum absolute atomic E-state index is 4.41. The first-order valence-corrected chi connectivity index (χ1v) is 6.30. The highest BCUT2D eigenvalue weighted by Crippen LogP contribution is 2.09. The molecule has 1 nitrogen and oxygen atoms in total. The molecule has 1 radical (unpaired) electrons. The third-order valence-corrected chi connectivity index (χ3v) is 2.55. The molecule has 0 saturated heterocycles. The Labute approximate surface area is 95.6 Å². The van der Waals surface area contributed by atoms with Crippen LogP contribution in [0.3, 0.4) is 0 Å². The predicted octanol–water partition coefficient (Wildman–Crippen LogP) is 4.68. The average Bonchev–Trinajstić information content (AvgIpc) is 2.26. The zero-order valence-corrected chi connectivity index (χ0v) is 10.2. The summed E-state index contributed by atoms with van der Waals surface area (Å²) in [6.07, 6.45) is 15.7. The number of hydrogen-bond donors (Lipinski definition) is 0.